The first-order valence-electron chi connectivity index (χ1n) is 9.30. The molecule has 0 amide bonds. The third-order valence-electron chi connectivity index (χ3n) is 4.98. The molecule has 0 spiro atoms. The van der Waals surface area contributed by atoms with E-state index in [0.29, 0.717) is 34.0 Å². The van der Waals surface area contributed by atoms with Crippen LogP contribution < -0.4 is 21.3 Å². The van der Waals surface area contributed by atoms with E-state index in [0.717, 1.165) is 4.57 Å². The van der Waals surface area contributed by atoms with Crippen LogP contribution >= 0.6 is 0 Å². The van der Waals surface area contributed by atoms with Gasteiger partial charge in [-0.15, -0.1) is 0 Å². The van der Waals surface area contributed by atoms with Crippen molar-refractivity contribution in [3.63, 3.8) is 0 Å². The number of hydrogen-bond donors (Lipinski definition) is 1. The van der Waals surface area contributed by atoms with Gasteiger partial charge in [-0.1, -0.05) is 12.1 Å². The zero-order chi connectivity index (χ0) is 21.5. The molecule has 3 rings (SSSR count). The summed E-state index contributed by atoms with van der Waals surface area (Å²) in [4.78, 5) is 38.5. The largest absolute Gasteiger partial charge is 0.497 e. The quantitative estimate of drug-likeness (QED) is 0.790. The lowest BCUT2D eigenvalue weighted by atomic mass is 9.82. The summed E-state index contributed by atoms with van der Waals surface area (Å²) in [6.45, 7) is 5.26. The predicted molar refractivity (Wildman–Crippen MR) is 109 cm³/mol. The van der Waals surface area contributed by atoms with E-state index in [2.05, 4.69) is 5.32 Å². The van der Waals surface area contributed by atoms with E-state index >= 15 is 0 Å². The molecule has 1 N–H and O–H groups in total. The van der Waals surface area contributed by atoms with Gasteiger partial charge < -0.3 is 14.8 Å². The van der Waals surface area contributed by atoms with Gasteiger partial charge in [0, 0.05) is 19.8 Å². The number of ether oxygens (including phenoxy) is 2. The van der Waals surface area contributed by atoms with Crippen molar-refractivity contribution in [2.24, 2.45) is 14.1 Å². The van der Waals surface area contributed by atoms with Crippen LogP contribution in [0.25, 0.3) is 0 Å². The SMILES string of the molecule is COc1cccc(C2C(C(=O)OC(C)C)=C(C)Nc3c2c(=O)n(C)c(=O)n3C)c1. The first kappa shape index (κ1) is 20.4. The molecule has 1 aliphatic heterocycles. The minimum atomic E-state index is -0.710. The van der Waals surface area contributed by atoms with Crippen LogP contribution in [-0.4, -0.2) is 28.3 Å². The Morgan fingerprint density at radius 3 is 2.48 bits per heavy atom. The molecule has 0 aliphatic carbocycles. The minimum absolute atomic E-state index is 0.309. The van der Waals surface area contributed by atoms with Crippen molar-refractivity contribution in [2.75, 3.05) is 12.4 Å². The maximum Gasteiger partial charge on any atom is 0.337 e. The number of carbonyl (C=O) groups is 1. The molecule has 0 saturated carbocycles. The summed E-state index contributed by atoms with van der Waals surface area (Å²) < 4.78 is 13.2. The zero-order valence-corrected chi connectivity index (χ0v) is 17.4. The van der Waals surface area contributed by atoms with Gasteiger partial charge in [0.25, 0.3) is 5.56 Å². The molecular formula is C21H25N3O5. The number of fused-ring (bicyclic) bond motifs is 1. The Labute approximate surface area is 168 Å². The predicted octanol–water partition coefficient (Wildman–Crippen LogP) is 1.88. The Kier molecular flexibility index (Phi) is 5.37. The molecule has 1 aliphatic rings. The highest BCUT2D eigenvalue weighted by Crippen LogP contribution is 2.40. The fourth-order valence-electron chi connectivity index (χ4n) is 3.59. The lowest BCUT2D eigenvalue weighted by Crippen LogP contribution is -2.43. The van der Waals surface area contributed by atoms with Gasteiger partial charge in [-0.25, -0.2) is 9.59 Å². The van der Waals surface area contributed by atoms with E-state index in [9.17, 15) is 14.4 Å². The number of aromatic nitrogens is 2. The molecule has 0 radical (unpaired) electrons. The van der Waals surface area contributed by atoms with Crippen LogP contribution in [0.3, 0.4) is 0 Å². The number of hydrogen-bond acceptors (Lipinski definition) is 6. The van der Waals surface area contributed by atoms with E-state index < -0.39 is 23.1 Å². The summed E-state index contributed by atoms with van der Waals surface area (Å²) in [6.07, 6.45) is -0.321. The van der Waals surface area contributed by atoms with Gasteiger partial charge in [0.15, 0.2) is 0 Å². The zero-order valence-electron chi connectivity index (χ0n) is 17.4. The first-order valence-corrected chi connectivity index (χ1v) is 9.30. The normalized spacial score (nSPS) is 15.8. The molecule has 0 saturated heterocycles. The third-order valence-corrected chi connectivity index (χ3v) is 4.98. The molecule has 1 atom stereocenters. The fraction of sp³-hybridized carbons (Fsp3) is 0.381. The maximum atomic E-state index is 13.1. The molecule has 1 aromatic heterocycles. The van der Waals surface area contributed by atoms with Crippen molar-refractivity contribution in [3.8, 4) is 5.75 Å². The van der Waals surface area contributed by atoms with Gasteiger partial charge in [-0.2, -0.15) is 0 Å². The van der Waals surface area contributed by atoms with Crippen molar-refractivity contribution in [2.45, 2.75) is 32.8 Å². The summed E-state index contributed by atoms with van der Waals surface area (Å²) in [6, 6.07) is 7.18. The highest BCUT2D eigenvalue weighted by Gasteiger charge is 2.37. The summed E-state index contributed by atoms with van der Waals surface area (Å²) in [7, 11) is 4.55. The van der Waals surface area contributed by atoms with Crippen LogP contribution in [0.15, 0.2) is 45.1 Å². The van der Waals surface area contributed by atoms with Gasteiger partial charge in [0.1, 0.15) is 11.6 Å². The Balaban J connectivity index is 2.36. The van der Waals surface area contributed by atoms with Crippen molar-refractivity contribution < 1.29 is 14.3 Å². The standard InChI is InChI=1S/C21H25N3O5/c1-11(2)29-20(26)15-12(3)22-18-17(19(25)24(5)21(27)23(18)4)16(15)13-8-7-9-14(10-13)28-6/h7-11,16,22H,1-6H3. The lowest BCUT2D eigenvalue weighted by Gasteiger charge is -2.31. The number of methoxy groups -OCH3 is 1. The minimum Gasteiger partial charge on any atom is -0.497 e. The number of allylic oxidation sites excluding steroid dienone is 1. The Bertz CT molecular complexity index is 1120. The van der Waals surface area contributed by atoms with E-state index in [-0.39, 0.29) is 6.10 Å². The number of anilines is 1. The second-order valence-electron chi connectivity index (χ2n) is 7.30. The number of carbonyl (C=O) groups excluding carboxylic acids is 1. The van der Waals surface area contributed by atoms with Crippen molar-refractivity contribution in [3.05, 3.63) is 67.5 Å². The average molecular weight is 399 g/mol. The number of esters is 1. The molecule has 8 heteroatoms. The number of nitrogens with zero attached hydrogens (tertiary/aromatic N) is 2. The molecule has 0 fully saturated rings. The van der Waals surface area contributed by atoms with Crippen LogP contribution in [0.4, 0.5) is 5.82 Å². The van der Waals surface area contributed by atoms with Crippen LogP contribution in [-0.2, 0) is 23.6 Å². The van der Waals surface area contributed by atoms with E-state index in [1.807, 2.05) is 6.07 Å². The number of nitrogens with one attached hydrogen (secondary N) is 1. The summed E-state index contributed by atoms with van der Waals surface area (Å²) in [5.41, 5.74) is 0.939. The number of benzene rings is 1. The van der Waals surface area contributed by atoms with Gasteiger partial charge in [-0.3, -0.25) is 13.9 Å². The topological polar surface area (TPSA) is 91.6 Å². The highest BCUT2D eigenvalue weighted by molar-refractivity contribution is 5.94. The van der Waals surface area contributed by atoms with E-state index in [1.54, 1.807) is 53.1 Å². The average Bonchev–Trinajstić information content (AvgIpc) is 2.69. The molecule has 0 bridgehead atoms. The Morgan fingerprint density at radius 2 is 1.86 bits per heavy atom. The molecular weight excluding hydrogens is 374 g/mol. The fourth-order valence-corrected chi connectivity index (χ4v) is 3.59. The van der Waals surface area contributed by atoms with Gasteiger partial charge >= 0.3 is 11.7 Å². The Morgan fingerprint density at radius 1 is 1.17 bits per heavy atom. The van der Waals surface area contributed by atoms with Crippen LogP contribution in [0.1, 0.15) is 37.8 Å². The van der Waals surface area contributed by atoms with Gasteiger partial charge in [0.05, 0.1) is 30.3 Å². The highest BCUT2D eigenvalue weighted by atomic mass is 16.5. The summed E-state index contributed by atoms with van der Waals surface area (Å²) in [5, 5.41) is 3.07. The van der Waals surface area contributed by atoms with Gasteiger partial charge in [-0.05, 0) is 38.5 Å². The van der Waals surface area contributed by atoms with Gasteiger partial charge in [0.2, 0.25) is 0 Å². The Hall–Kier alpha value is -3.29. The molecule has 8 nitrogen and oxygen atoms in total. The molecule has 2 aromatic rings. The molecule has 1 aromatic carbocycles. The number of rotatable bonds is 4. The van der Waals surface area contributed by atoms with Crippen LogP contribution in [0.2, 0.25) is 0 Å². The summed E-state index contributed by atoms with van der Waals surface area (Å²) in [5.74, 6) is -0.263. The molecule has 1 unspecified atom stereocenters. The summed E-state index contributed by atoms with van der Waals surface area (Å²) >= 11 is 0. The molecule has 2 heterocycles. The second-order valence-corrected chi connectivity index (χ2v) is 7.30. The monoisotopic (exact) mass is 399 g/mol. The van der Waals surface area contributed by atoms with E-state index in [1.165, 1.54) is 11.6 Å². The second kappa shape index (κ2) is 7.62. The molecule has 154 valence electrons. The first-order chi connectivity index (χ1) is 13.7. The molecule has 29 heavy (non-hydrogen) atoms. The van der Waals surface area contributed by atoms with Crippen LogP contribution in [0.5, 0.6) is 5.75 Å². The van der Waals surface area contributed by atoms with Crippen LogP contribution in [0, 0.1) is 0 Å². The maximum absolute atomic E-state index is 13.1. The third kappa shape index (κ3) is 3.46. The van der Waals surface area contributed by atoms with Crippen molar-refractivity contribution >= 4 is 11.8 Å². The van der Waals surface area contributed by atoms with E-state index in [4.69, 9.17) is 9.47 Å². The lowest BCUT2D eigenvalue weighted by molar-refractivity contribution is -0.143. The smallest absolute Gasteiger partial charge is 0.337 e. The van der Waals surface area contributed by atoms with Crippen molar-refractivity contribution in [1.82, 2.24) is 9.13 Å². The van der Waals surface area contributed by atoms with Crippen molar-refractivity contribution in [1.29, 1.82) is 0 Å².